The van der Waals surface area contributed by atoms with Crippen LogP contribution in [-0.2, 0) is 4.57 Å². The van der Waals surface area contributed by atoms with Crippen molar-refractivity contribution in [1.29, 1.82) is 0 Å². The van der Waals surface area contributed by atoms with Crippen LogP contribution in [0.25, 0.3) is 0 Å². The zero-order valence-electron chi connectivity index (χ0n) is 4.67. The van der Waals surface area contributed by atoms with E-state index in [1.165, 1.54) is 0 Å². The molecule has 0 atom stereocenters. The molecule has 0 fully saturated rings. The molecule has 0 aromatic carbocycles. The number of hydrogen-bond acceptors (Lipinski definition) is 2. The molecule has 0 bridgehead atoms. The largest absolute Gasteiger partial charge is 0.367 e. The molecule has 0 heterocycles. The van der Waals surface area contributed by atoms with Crippen LogP contribution in [0.4, 0.5) is 8.39 Å². The van der Waals surface area contributed by atoms with Gasteiger partial charge in [0.05, 0.1) is 0 Å². The van der Waals surface area contributed by atoms with Crippen LogP contribution in [0.5, 0.6) is 0 Å². The summed E-state index contributed by atoms with van der Waals surface area (Å²) in [5.41, 5.74) is 0. The van der Waals surface area contributed by atoms with Crippen LogP contribution in [0.1, 0.15) is 0 Å². The lowest BCUT2D eigenvalue weighted by atomic mass is 12.0. The monoisotopic (exact) mass is 247 g/mol. The lowest BCUT2D eigenvalue weighted by Gasteiger charge is -1.99. The molecule has 0 rings (SSSR count). The molecule has 0 aromatic heterocycles. The third kappa shape index (κ3) is 5.99. The molecule has 2 nitrogen and oxygen atoms in total. The van der Waals surface area contributed by atoms with E-state index in [4.69, 9.17) is 22.5 Å². The van der Waals surface area contributed by atoms with Gasteiger partial charge < -0.3 is 0 Å². The second-order valence-corrected chi connectivity index (χ2v) is 9.64. The SMILES string of the molecule is CSP(F)(F)=NP(=O)(Cl)Cl. The normalized spacial score (nSPS) is 13.3. The first-order valence-corrected chi connectivity index (χ1v) is 8.67. The van der Waals surface area contributed by atoms with Crippen LogP contribution < -0.4 is 0 Å². The summed E-state index contributed by atoms with van der Waals surface area (Å²) in [4.78, 5) is 0. The Labute approximate surface area is 70.7 Å². The fraction of sp³-hybridized carbons (Fsp3) is 1.00. The predicted molar refractivity (Wildman–Crippen MR) is 44.4 cm³/mol. The van der Waals surface area contributed by atoms with Crippen molar-refractivity contribution in [3.63, 3.8) is 0 Å². The van der Waals surface area contributed by atoms with Gasteiger partial charge in [-0.2, -0.15) is 8.39 Å². The molecule has 0 aromatic rings. The molecule has 0 spiro atoms. The molecule has 0 aliphatic heterocycles. The van der Waals surface area contributed by atoms with Gasteiger partial charge in [0.1, 0.15) is 0 Å². The van der Waals surface area contributed by atoms with Gasteiger partial charge in [0.25, 0.3) is 0 Å². The minimum atomic E-state index is -4.53. The van der Waals surface area contributed by atoms with Crippen molar-refractivity contribution in [1.82, 2.24) is 0 Å². The third-order valence-corrected chi connectivity index (χ3v) is 5.73. The highest BCUT2D eigenvalue weighted by atomic mass is 35.9. The average Bonchev–Trinajstić information content (AvgIpc) is 1.60. The van der Waals surface area contributed by atoms with E-state index in [9.17, 15) is 13.0 Å². The Morgan fingerprint density at radius 2 is 1.90 bits per heavy atom. The maximum Gasteiger partial charge on any atom is 0.367 e. The van der Waals surface area contributed by atoms with E-state index >= 15 is 0 Å². The van der Waals surface area contributed by atoms with E-state index in [2.05, 4.69) is 4.52 Å². The second kappa shape index (κ2) is 3.77. The highest BCUT2D eigenvalue weighted by Gasteiger charge is 2.23. The summed E-state index contributed by atoms with van der Waals surface area (Å²) in [7, 11) is 0. The van der Waals surface area contributed by atoms with Crippen molar-refractivity contribution in [2.45, 2.75) is 0 Å². The van der Waals surface area contributed by atoms with Gasteiger partial charge in [-0.1, -0.05) is 11.4 Å². The summed E-state index contributed by atoms with van der Waals surface area (Å²) in [5.74, 6) is -3.96. The highest BCUT2D eigenvalue weighted by molar-refractivity contribution is 8.56. The summed E-state index contributed by atoms with van der Waals surface area (Å²) in [6.07, 6.45) is 1.15. The second-order valence-electron chi connectivity index (χ2n) is 1.14. The Morgan fingerprint density at radius 3 is 2.00 bits per heavy atom. The molecule has 0 amide bonds. The van der Waals surface area contributed by atoms with E-state index in [1.54, 1.807) is 0 Å². The van der Waals surface area contributed by atoms with Crippen molar-refractivity contribution < 1.29 is 13.0 Å². The van der Waals surface area contributed by atoms with Gasteiger partial charge in [-0.25, -0.2) is 0 Å². The topological polar surface area (TPSA) is 29.4 Å². The standard InChI is InChI=1S/CH3Cl2F2NOP2S/c1-10-9(4,5)6-8(2,3)7/h1H3. The van der Waals surface area contributed by atoms with Gasteiger partial charge >= 0.3 is 12.9 Å². The van der Waals surface area contributed by atoms with E-state index in [1.807, 2.05) is 0 Å². The first-order chi connectivity index (χ1) is 4.27. The molecule has 0 aliphatic carbocycles. The van der Waals surface area contributed by atoms with Crippen molar-refractivity contribution >= 4 is 46.7 Å². The fourth-order valence-electron chi connectivity index (χ4n) is 0.158. The van der Waals surface area contributed by atoms with Crippen molar-refractivity contribution in [3.05, 3.63) is 0 Å². The number of nitrogens with zero attached hydrogens (tertiary/aromatic N) is 1. The summed E-state index contributed by atoms with van der Waals surface area (Å²) in [5, 5.41) is 0. The van der Waals surface area contributed by atoms with Gasteiger partial charge in [-0.3, -0.25) is 4.57 Å². The van der Waals surface area contributed by atoms with Crippen molar-refractivity contribution in [3.8, 4) is 0 Å². The fourth-order valence-corrected chi connectivity index (χ4v) is 5.25. The Balaban J connectivity index is 4.61. The van der Waals surface area contributed by atoms with Crippen LogP contribution in [0, 0.1) is 0 Å². The first kappa shape index (κ1) is 11.2. The molecule has 0 radical (unpaired) electrons. The van der Waals surface area contributed by atoms with Gasteiger partial charge in [-0.15, -0.1) is 4.52 Å². The lowest BCUT2D eigenvalue weighted by molar-refractivity contribution is 0.593. The summed E-state index contributed by atoms with van der Waals surface area (Å²) < 4.78 is 37.2. The van der Waals surface area contributed by atoms with Crippen LogP contribution in [0.3, 0.4) is 0 Å². The smallest absolute Gasteiger partial charge is 0.262 e. The van der Waals surface area contributed by atoms with Crippen LogP contribution in [0.2, 0.25) is 0 Å². The maximum absolute atomic E-state index is 12.2. The molecule has 0 unspecified atom stereocenters. The summed E-state index contributed by atoms with van der Waals surface area (Å²) >= 11 is 9.79. The minimum Gasteiger partial charge on any atom is -0.262 e. The first-order valence-electron chi connectivity index (χ1n) is 1.85. The Bertz CT molecular complexity index is 209. The summed E-state index contributed by atoms with van der Waals surface area (Å²) in [6, 6.07) is 0. The van der Waals surface area contributed by atoms with Gasteiger partial charge in [0, 0.05) is 0 Å². The number of halogens is 4. The molecular weight excluding hydrogens is 245 g/mol. The van der Waals surface area contributed by atoms with Gasteiger partial charge in [0.2, 0.25) is 0 Å². The van der Waals surface area contributed by atoms with Crippen LogP contribution in [-0.4, -0.2) is 6.26 Å². The molecule has 62 valence electrons. The minimum absolute atomic E-state index is 0.224. The molecule has 0 aliphatic rings. The van der Waals surface area contributed by atoms with E-state index in [-0.39, 0.29) is 11.4 Å². The Hall–Kier alpha value is 1.25. The third-order valence-electron chi connectivity index (χ3n) is 0.428. The molecule has 0 saturated carbocycles. The zero-order chi connectivity index (χ0) is 8.41. The lowest BCUT2D eigenvalue weighted by Crippen LogP contribution is -1.51. The maximum atomic E-state index is 12.2. The van der Waals surface area contributed by atoms with Crippen molar-refractivity contribution in [2.75, 3.05) is 6.26 Å². The average molecular weight is 248 g/mol. The quantitative estimate of drug-likeness (QED) is 0.655. The Kier molecular flexibility index (Phi) is 4.24. The molecular formula is CH3Cl2F2NOP2S. The molecule has 0 saturated heterocycles. The van der Waals surface area contributed by atoms with E-state index in [0.717, 1.165) is 6.26 Å². The van der Waals surface area contributed by atoms with Gasteiger partial charge in [0.15, 0.2) is 0 Å². The molecule has 0 N–H and O–H groups in total. The van der Waals surface area contributed by atoms with Crippen molar-refractivity contribution in [2.24, 2.45) is 4.52 Å². The molecule has 10 heavy (non-hydrogen) atoms. The predicted octanol–water partition coefficient (Wildman–Crippen LogP) is 4.82. The van der Waals surface area contributed by atoms with E-state index in [0.29, 0.717) is 0 Å². The van der Waals surface area contributed by atoms with Crippen LogP contribution in [0.15, 0.2) is 4.52 Å². The van der Waals surface area contributed by atoms with Gasteiger partial charge in [-0.05, 0) is 28.7 Å². The zero-order valence-corrected chi connectivity index (χ0v) is 8.79. The van der Waals surface area contributed by atoms with E-state index < -0.39 is 12.9 Å². The van der Waals surface area contributed by atoms with Crippen LogP contribution >= 0.6 is 46.7 Å². The Morgan fingerprint density at radius 1 is 1.50 bits per heavy atom. The number of hydrogen-bond donors (Lipinski definition) is 0. The summed E-state index contributed by atoms with van der Waals surface area (Å²) in [6.45, 7) is -4.53. The highest BCUT2D eigenvalue weighted by Crippen LogP contribution is 2.74. The number of rotatable bonds is 2. The molecule has 9 heteroatoms.